The second kappa shape index (κ2) is 4.82. The van der Waals surface area contributed by atoms with Crippen molar-refractivity contribution in [1.29, 1.82) is 0 Å². The van der Waals surface area contributed by atoms with Crippen molar-refractivity contribution in [2.24, 2.45) is 0 Å². The van der Waals surface area contributed by atoms with Crippen LogP contribution in [0.3, 0.4) is 0 Å². The third-order valence-electron chi connectivity index (χ3n) is 4.00. The first kappa shape index (κ1) is 14.4. The maximum absolute atomic E-state index is 10.1. The van der Waals surface area contributed by atoms with Crippen LogP contribution in [0.25, 0.3) is 0 Å². The average Bonchev–Trinajstić information content (AvgIpc) is 2.48. The van der Waals surface area contributed by atoms with Crippen LogP contribution < -0.4 is 5.46 Å². The van der Waals surface area contributed by atoms with E-state index in [-0.39, 0.29) is 12.4 Å². The molecule has 2 rings (SSSR count). The number of benzene rings is 1. The Bertz CT molecular complexity index is 455. The van der Waals surface area contributed by atoms with E-state index in [1.165, 1.54) is 0 Å². The van der Waals surface area contributed by atoms with E-state index in [2.05, 4.69) is 0 Å². The van der Waals surface area contributed by atoms with Gasteiger partial charge in [-0.15, -0.1) is 0 Å². The molecular weight excluding hydrogens is 243 g/mol. The van der Waals surface area contributed by atoms with E-state index in [0.29, 0.717) is 11.9 Å². The number of phenols is 1. The monoisotopic (exact) mass is 264 g/mol. The topological polar surface area (TPSA) is 58.9 Å². The third-order valence-corrected chi connectivity index (χ3v) is 4.00. The molecule has 0 bridgehead atoms. The van der Waals surface area contributed by atoms with Gasteiger partial charge in [-0.1, -0.05) is 12.1 Å². The summed E-state index contributed by atoms with van der Waals surface area (Å²) in [4.78, 5) is 0. The lowest BCUT2D eigenvalue weighted by atomic mass is 9.78. The first-order chi connectivity index (χ1) is 8.77. The van der Waals surface area contributed by atoms with E-state index >= 15 is 0 Å². The summed E-state index contributed by atoms with van der Waals surface area (Å²) in [5.74, 6) is 0.143. The van der Waals surface area contributed by atoms with Gasteiger partial charge in [0.15, 0.2) is 0 Å². The maximum atomic E-state index is 10.1. The molecule has 4 nitrogen and oxygen atoms in total. The van der Waals surface area contributed by atoms with Crippen LogP contribution in [0.2, 0.25) is 0 Å². The van der Waals surface area contributed by atoms with Crippen LogP contribution in [0.15, 0.2) is 18.2 Å². The van der Waals surface area contributed by atoms with Crippen molar-refractivity contribution < 1.29 is 19.5 Å². The number of hydrogen-bond donors (Lipinski definition) is 2. The molecule has 19 heavy (non-hydrogen) atoms. The predicted molar refractivity (Wildman–Crippen MR) is 74.6 cm³/mol. The molecule has 1 fully saturated rings. The van der Waals surface area contributed by atoms with Crippen molar-refractivity contribution in [3.05, 3.63) is 23.8 Å². The summed E-state index contributed by atoms with van der Waals surface area (Å²) in [5.41, 5.74) is 0.669. The number of phenolic OH excluding ortho intramolecular Hbond substituents is 1. The van der Waals surface area contributed by atoms with Crippen LogP contribution in [-0.4, -0.2) is 35.1 Å². The molecule has 0 aromatic heterocycles. The Morgan fingerprint density at radius 1 is 1.11 bits per heavy atom. The minimum absolute atomic E-state index is 0.0648. The van der Waals surface area contributed by atoms with E-state index in [0.717, 1.165) is 5.56 Å². The zero-order chi connectivity index (χ0) is 14.3. The van der Waals surface area contributed by atoms with Crippen LogP contribution in [0, 0.1) is 0 Å². The molecule has 1 aliphatic rings. The molecule has 0 amide bonds. The highest BCUT2D eigenvalue weighted by Gasteiger charge is 2.52. The highest BCUT2D eigenvalue weighted by atomic mass is 16.7. The van der Waals surface area contributed by atoms with E-state index in [9.17, 15) is 5.11 Å². The molecule has 0 saturated carbocycles. The van der Waals surface area contributed by atoms with Gasteiger partial charge in [-0.25, -0.2) is 0 Å². The van der Waals surface area contributed by atoms with Gasteiger partial charge in [0.1, 0.15) is 5.75 Å². The van der Waals surface area contributed by atoms with Gasteiger partial charge in [-0.05, 0) is 45.7 Å². The second-order valence-corrected chi connectivity index (χ2v) is 5.96. The first-order valence-electron chi connectivity index (χ1n) is 6.55. The van der Waals surface area contributed by atoms with Crippen LogP contribution in [0.5, 0.6) is 5.75 Å². The molecule has 0 radical (unpaired) electrons. The number of hydrogen-bond acceptors (Lipinski definition) is 4. The number of aliphatic hydroxyl groups excluding tert-OH is 1. The number of aliphatic hydroxyl groups is 1. The van der Waals surface area contributed by atoms with Gasteiger partial charge >= 0.3 is 7.12 Å². The van der Waals surface area contributed by atoms with Crippen molar-refractivity contribution in [3.63, 3.8) is 0 Å². The van der Waals surface area contributed by atoms with Crippen LogP contribution in [-0.2, 0) is 15.7 Å². The van der Waals surface area contributed by atoms with E-state index in [1.807, 2.05) is 33.8 Å². The van der Waals surface area contributed by atoms with Gasteiger partial charge in [0.25, 0.3) is 0 Å². The molecule has 1 aliphatic heterocycles. The molecule has 104 valence electrons. The first-order valence-corrected chi connectivity index (χ1v) is 6.55. The fourth-order valence-corrected chi connectivity index (χ4v) is 2.04. The number of rotatable bonds is 3. The molecule has 1 saturated heterocycles. The lowest BCUT2D eigenvalue weighted by molar-refractivity contribution is 0.00578. The van der Waals surface area contributed by atoms with Gasteiger partial charge < -0.3 is 19.5 Å². The third kappa shape index (κ3) is 2.64. The summed E-state index contributed by atoms with van der Waals surface area (Å²) in [6, 6.07) is 5.31. The van der Waals surface area contributed by atoms with Crippen molar-refractivity contribution in [1.82, 2.24) is 0 Å². The van der Waals surface area contributed by atoms with Gasteiger partial charge in [-0.3, -0.25) is 0 Å². The Balaban J connectivity index is 2.25. The smallest absolute Gasteiger partial charge is 0.498 e. The summed E-state index contributed by atoms with van der Waals surface area (Å²) in [6.45, 7) is 7.97. The summed E-state index contributed by atoms with van der Waals surface area (Å²) in [7, 11) is -0.562. The lowest BCUT2D eigenvalue weighted by Gasteiger charge is -2.32. The fraction of sp³-hybridized carbons (Fsp3) is 0.571. The largest absolute Gasteiger partial charge is 0.508 e. The van der Waals surface area contributed by atoms with Crippen LogP contribution in [0.4, 0.5) is 0 Å². The molecular formula is C14H21BO4. The van der Waals surface area contributed by atoms with Crippen molar-refractivity contribution >= 4 is 12.6 Å². The minimum atomic E-state index is -0.562. The molecule has 1 aromatic carbocycles. The molecule has 2 N–H and O–H groups in total. The van der Waals surface area contributed by atoms with Crippen molar-refractivity contribution in [2.45, 2.75) is 45.3 Å². The van der Waals surface area contributed by atoms with E-state index in [4.69, 9.17) is 14.4 Å². The van der Waals surface area contributed by atoms with E-state index in [1.54, 1.807) is 12.1 Å². The normalized spacial score (nSPS) is 20.8. The molecule has 1 heterocycles. The molecule has 0 aliphatic carbocycles. The van der Waals surface area contributed by atoms with Crippen molar-refractivity contribution in [3.8, 4) is 5.75 Å². The van der Waals surface area contributed by atoms with Crippen molar-refractivity contribution in [2.75, 3.05) is 6.61 Å². The highest BCUT2D eigenvalue weighted by Crippen LogP contribution is 2.37. The highest BCUT2D eigenvalue weighted by molar-refractivity contribution is 6.63. The molecule has 1 aromatic rings. The molecule has 0 atom stereocenters. The standard InChI is InChI=1S/C14H21BO4/c1-13(2)14(3,4)19-15(18-13)11-6-5-10(7-8-16)9-12(11)17/h5-6,9,16-17H,7-8H2,1-4H3. The van der Waals surface area contributed by atoms with E-state index < -0.39 is 18.3 Å². The lowest BCUT2D eigenvalue weighted by Crippen LogP contribution is -2.41. The second-order valence-electron chi connectivity index (χ2n) is 5.96. The number of aromatic hydroxyl groups is 1. The minimum Gasteiger partial charge on any atom is -0.508 e. The van der Waals surface area contributed by atoms with Gasteiger partial charge in [0.05, 0.1) is 11.2 Å². The summed E-state index contributed by atoms with van der Waals surface area (Å²) >= 11 is 0. The van der Waals surface area contributed by atoms with Gasteiger partial charge in [-0.2, -0.15) is 0 Å². The average molecular weight is 264 g/mol. The zero-order valence-corrected chi connectivity index (χ0v) is 11.9. The summed E-state index contributed by atoms with van der Waals surface area (Å²) in [6.07, 6.45) is 0.525. The summed E-state index contributed by atoms with van der Waals surface area (Å²) in [5, 5.41) is 19.0. The van der Waals surface area contributed by atoms with Gasteiger partial charge in [0, 0.05) is 12.1 Å². The Morgan fingerprint density at radius 3 is 2.16 bits per heavy atom. The molecule has 0 unspecified atom stereocenters. The van der Waals surface area contributed by atoms with Crippen LogP contribution >= 0.6 is 0 Å². The van der Waals surface area contributed by atoms with Gasteiger partial charge in [0.2, 0.25) is 0 Å². The predicted octanol–water partition coefficient (Wildman–Crippen LogP) is 1.23. The molecule has 5 heteroatoms. The van der Waals surface area contributed by atoms with Crippen LogP contribution in [0.1, 0.15) is 33.3 Å². The SMILES string of the molecule is CC1(C)OB(c2ccc(CCO)cc2O)OC1(C)C. The Kier molecular flexibility index (Phi) is 3.64. The zero-order valence-electron chi connectivity index (χ0n) is 11.9. The molecule has 0 spiro atoms. The maximum Gasteiger partial charge on any atom is 0.498 e. The fourth-order valence-electron chi connectivity index (χ4n) is 2.04. The quantitative estimate of drug-likeness (QED) is 0.806. The Hall–Kier alpha value is -1.04. The Labute approximate surface area is 114 Å². The summed E-state index contributed by atoms with van der Waals surface area (Å²) < 4.78 is 11.8. The Morgan fingerprint density at radius 2 is 1.68 bits per heavy atom.